The van der Waals surface area contributed by atoms with Gasteiger partial charge in [0.05, 0.1) is 0 Å². The van der Waals surface area contributed by atoms with Crippen LogP contribution in [0.2, 0.25) is 0 Å². The quantitative estimate of drug-likeness (QED) is 0.0261. The Kier molecular flexibility index (Phi) is 62.9. The van der Waals surface area contributed by atoms with E-state index in [2.05, 4.69) is 167 Å². The van der Waals surface area contributed by atoms with Crippen molar-refractivity contribution in [2.24, 2.45) is 0 Å². The SMILES string of the molecule is CC/C=C\C/C=C\C/C=C\C/C=C\C/C=C\C/C=C\CCCCCCCCCCC(=O)OCC(COC(=O)CCCCCCC/C=C\CCCCCCC)OC(=O)CCCCCCC/C=C\C/C=C\C/C=C\C/C=C\C/C=C\CC. The van der Waals surface area contributed by atoms with Crippen molar-refractivity contribution in [3.8, 4) is 0 Å². The first kappa shape index (κ1) is 75.3. The van der Waals surface area contributed by atoms with Crippen molar-refractivity contribution in [2.45, 2.75) is 290 Å². The van der Waals surface area contributed by atoms with E-state index in [9.17, 15) is 14.4 Å². The van der Waals surface area contributed by atoms with Crippen LogP contribution in [0.3, 0.4) is 0 Å². The molecule has 0 aliphatic carbocycles. The van der Waals surface area contributed by atoms with E-state index < -0.39 is 6.10 Å². The third-order valence-electron chi connectivity index (χ3n) is 13.6. The van der Waals surface area contributed by atoms with E-state index in [4.69, 9.17) is 14.2 Å². The molecule has 0 saturated carbocycles. The van der Waals surface area contributed by atoms with Gasteiger partial charge in [0.25, 0.3) is 0 Å². The zero-order valence-corrected chi connectivity index (χ0v) is 51.8. The lowest BCUT2D eigenvalue weighted by atomic mass is 10.1. The fraction of sp³-hybridized carbons (Fsp3) is 0.635. The van der Waals surface area contributed by atoms with Gasteiger partial charge < -0.3 is 14.2 Å². The first-order chi connectivity index (χ1) is 39.5. The Morgan fingerprint density at radius 1 is 0.263 bits per heavy atom. The molecular weight excluding hydrogens is 985 g/mol. The first-order valence-electron chi connectivity index (χ1n) is 32.8. The van der Waals surface area contributed by atoms with Gasteiger partial charge in [-0.1, -0.05) is 269 Å². The highest BCUT2D eigenvalue weighted by Gasteiger charge is 2.19. The number of carbonyl (C=O) groups excluding carboxylic acids is 3. The molecule has 0 bridgehead atoms. The summed E-state index contributed by atoms with van der Waals surface area (Å²) >= 11 is 0. The minimum absolute atomic E-state index is 0.0972. The van der Waals surface area contributed by atoms with Gasteiger partial charge in [0.2, 0.25) is 0 Å². The molecule has 80 heavy (non-hydrogen) atoms. The Balaban J connectivity index is 4.42. The first-order valence-corrected chi connectivity index (χ1v) is 32.8. The summed E-state index contributed by atoms with van der Waals surface area (Å²) in [5, 5.41) is 0. The van der Waals surface area contributed by atoms with Crippen LogP contribution in [0, 0.1) is 0 Å². The Labute approximate surface area is 493 Å². The molecule has 0 aromatic heterocycles. The van der Waals surface area contributed by atoms with Gasteiger partial charge in [-0.15, -0.1) is 0 Å². The van der Waals surface area contributed by atoms with Gasteiger partial charge >= 0.3 is 17.9 Å². The van der Waals surface area contributed by atoms with Crippen LogP contribution in [-0.4, -0.2) is 37.2 Å². The van der Waals surface area contributed by atoms with Crippen LogP contribution < -0.4 is 0 Å². The minimum atomic E-state index is -0.803. The van der Waals surface area contributed by atoms with Gasteiger partial charge in [0.1, 0.15) is 13.2 Å². The molecule has 1 atom stereocenters. The predicted molar refractivity (Wildman–Crippen MR) is 348 cm³/mol. The summed E-state index contributed by atoms with van der Waals surface area (Å²) in [7, 11) is 0. The van der Waals surface area contributed by atoms with E-state index in [0.29, 0.717) is 19.3 Å². The van der Waals surface area contributed by atoms with Crippen LogP contribution in [0.1, 0.15) is 284 Å². The van der Waals surface area contributed by atoms with E-state index in [1.54, 1.807) is 0 Å². The molecule has 6 heteroatoms. The van der Waals surface area contributed by atoms with E-state index in [-0.39, 0.29) is 31.1 Å². The number of carbonyl (C=O) groups is 3. The van der Waals surface area contributed by atoms with Crippen LogP contribution >= 0.6 is 0 Å². The molecule has 6 nitrogen and oxygen atoms in total. The zero-order chi connectivity index (χ0) is 57.8. The number of rotatable bonds is 58. The molecule has 0 aromatic carbocycles. The van der Waals surface area contributed by atoms with Crippen LogP contribution in [0.5, 0.6) is 0 Å². The van der Waals surface area contributed by atoms with Crippen molar-refractivity contribution in [2.75, 3.05) is 13.2 Å². The molecule has 0 radical (unpaired) electrons. The van der Waals surface area contributed by atoms with Crippen molar-refractivity contribution in [1.29, 1.82) is 0 Å². The number of hydrogen-bond donors (Lipinski definition) is 0. The standard InChI is InChI=1S/C74H120O6/c1-4-7-10-13-16-19-22-25-28-30-32-34-35-36-37-38-39-41-42-44-46-49-52-55-58-61-64-67-73(76)79-70-71(69-78-72(75)66-63-60-57-54-51-48-27-24-21-18-15-12-9-6-3)80-74(77)68-65-62-59-56-53-50-47-45-43-40-33-31-29-26-23-20-17-14-11-8-5-2/h7-8,10-11,16-17,19-20,24-29,32-34,36-37,39-41,45,47,71H,4-6,9,12-15,18,21-23,30-31,35,38,42-44,46,48-70H2,1-3H3/b10-7-,11-8-,19-16-,20-17-,27-24-,28-25-,29-26-,34-32-,37-36-,40-33-,41-39-,47-45-. The van der Waals surface area contributed by atoms with Gasteiger partial charge in [-0.2, -0.15) is 0 Å². The second-order valence-corrected chi connectivity index (χ2v) is 21.3. The second-order valence-electron chi connectivity index (χ2n) is 21.3. The van der Waals surface area contributed by atoms with Gasteiger partial charge in [0, 0.05) is 19.3 Å². The molecule has 0 saturated heterocycles. The highest BCUT2D eigenvalue weighted by molar-refractivity contribution is 5.71. The topological polar surface area (TPSA) is 78.9 Å². The largest absolute Gasteiger partial charge is 0.462 e. The average Bonchev–Trinajstić information content (AvgIpc) is 3.46. The van der Waals surface area contributed by atoms with Crippen molar-refractivity contribution >= 4 is 17.9 Å². The van der Waals surface area contributed by atoms with E-state index >= 15 is 0 Å². The third-order valence-corrected chi connectivity index (χ3v) is 13.6. The molecule has 0 aromatic rings. The molecule has 1 unspecified atom stereocenters. The molecule has 0 amide bonds. The molecule has 0 heterocycles. The lowest BCUT2D eigenvalue weighted by molar-refractivity contribution is -0.167. The van der Waals surface area contributed by atoms with Crippen LogP contribution in [0.25, 0.3) is 0 Å². The molecule has 0 N–H and O–H groups in total. The Bertz CT molecular complexity index is 1750. The Morgan fingerprint density at radius 3 is 0.775 bits per heavy atom. The number of esters is 3. The van der Waals surface area contributed by atoms with Crippen molar-refractivity contribution in [1.82, 2.24) is 0 Å². The van der Waals surface area contributed by atoms with E-state index in [1.807, 2.05) is 0 Å². The Hall–Kier alpha value is -4.71. The highest BCUT2D eigenvalue weighted by atomic mass is 16.6. The molecular formula is C74H120O6. The molecule has 0 fully saturated rings. The summed E-state index contributed by atoms with van der Waals surface area (Å²) in [6.07, 6.45) is 95.6. The number of ether oxygens (including phenoxy) is 3. The van der Waals surface area contributed by atoms with E-state index in [0.717, 1.165) is 167 Å². The molecule has 0 aliphatic heterocycles. The summed E-state index contributed by atoms with van der Waals surface area (Å²) in [5.41, 5.74) is 0. The summed E-state index contributed by atoms with van der Waals surface area (Å²) in [5.74, 6) is -0.931. The summed E-state index contributed by atoms with van der Waals surface area (Å²) < 4.78 is 16.9. The maximum Gasteiger partial charge on any atom is 0.306 e. The zero-order valence-electron chi connectivity index (χ0n) is 51.8. The minimum Gasteiger partial charge on any atom is -0.462 e. The number of hydrogen-bond acceptors (Lipinski definition) is 6. The Morgan fingerprint density at radius 2 is 0.487 bits per heavy atom. The summed E-state index contributed by atoms with van der Waals surface area (Å²) in [6.45, 7) is 6.38. The van der Waals surface area contributed by atoms with Gasteiger partial charge in [-0.25, -0.2) is 0 Å². The van der Waals surface area contributed by atoms with Gasteiger partial charge in [0.15, 0.2) is 6.10 Å². The second kappa shape index (κ2) is 66.8. The van der Waals surface area contributed by atoms with Crippen LogP contribution in [0.4, 0.5) is 0 Å². The normalized spacial score (nSPS) is 13.1. The number of allylic oxidation sites excluding steroid dienone is 24. The molecule has 0 aliphatic rings. The van der Waals surface area contributed by atoms with Crippen LogP contribution in [0.15, 0.2) is 146 Å². The molecule has 0 rings (SSSR count). The van der Waals surface area contributed by atoms with Crippen molar-refractivity contribution < 1.29 is 28.6 Å². The van der Waals surface area contributed by atoms with Crippen molar-refractivity contribution in [3.63, 3.8) is 0 Å². The lowest BCUT2D eigenvalue weighted by Crippen LogP contribution is -2.30. The maximum absolute atomic E-state index is 12.9. The van der Waals surface area contributed by atoms with Crippen molar-refractivity contribution in [3.05, 3.63) is 146 Å². The monoisotopic (exact) mass is 1100 g/mol. The summed E-state index contributed by atoms with van der Waals surface area (Å²) in [6, 6.07) is 0. The predicted octanol–water partition coefficient (Wildman–Crippen LogP) is 22.7. The van der Waals surface area contributed by atoms with Gasteiger partial charge in [-0.3, -0.25) is 14.4 Å². The average molecular weight is 1110 g/mol. The van der Waals surface area contributed by atoms with E-state index in [1.165, 1.54) is 77.0 Å². The lowest BCUT2D eigenvalue weighted by Gasteiger charge is -2.18. The molecule has 0 spiro atoms. The molecule has 452 valence electrons. The van der Waals surface area contributed by atoms with Gasteiger partial charge in [-0.05, 0) is 141 Å². The maximum atomic E-state index is 12.9. The fourth-order valence-electron chi connectivity index (χ4n) is 8.70. The third kappa shape index (κ3) is 64.1. The highest BCUT2D eigenvalue weighted by Crippen LogP contribution is 2.15. The fourth-order valence-corrected chi connectivity index (χ4v) is 8.70. The number of unbranched alkanes of at least 4 members (excludes halogenated alkanes) is 23. The summed E-state index contributed by atoms with van der Waals surface area (Å²) in [4.78, 5) is 38.4. The smallest absolute Gasteiger partial charge is 0.306 e. The van der Waals surface area contributed by atoms with Crippen LogP contribution in [-0.2, 0) is 28.6 Å².